The highest BCUT2D eigenvalue weighted by Crippen LogP contribution is 2.06. The quantitative estimate of drug-likeness (QED) is 0.187. The first-order valence-electron chi connectivity index (χ1n) is 4.94. The first kappa shape index (κ1) is 17.2. The molecule has 0 fully saturated rings. The summed E-state index contributed by atoms with van der Waals surface area (Å²) in [6, 6.07) is 0. The Kier molecular flexibility index (Phi) is 7.56. The van der Waals surface area contributed by atoms with Gasteiger partial charge in [0.1, 0.15) is 0 Å². The van der Waals surface area contributed by atoms with Gasteiger partial charge in [-0.25, -0.2) is 0 Å². The average molecular weight is 278 g/mol. The van der Waals surface area contributed by atoms with E-state index < -0.39 is 35.7 Å². The minimum atomic E-state index is -1.55. The lowest BCUT2D eigenvalue weighted by Crippen LogP contribution is -2.20. The van der Waals surface area contributed by atoms with Crippen LogP contribution in [-0.2, 0) is 14.3 Å². The smallest absolute Gasteiger partial charge is 0.271 e. The van der Waals surface area contributed by atoms with E-state index in [0.717, 1.165) is 12.2 Å². The molecule has 1 aliphatic rings. The van der Waals surface area contributed by atoms with Gasteiger partial charge in [0, 0.05) is 0 Å². The summed E-state index contributed by atoms with van der Waals surface area (Å²) in [5.74, 6) is -3.41. The van der Waals surface area contributed by atoms with Crippen molar-refractivity contribution in [2.45, 2.75) is 12.6 Å². The van der Waals surface area contributed by atoms with Crippen LogP contribution in [0.15, 0.2) is 23.7 Å². The number of hydrogen-bond acceptors (Lipinski definition) is 9. The van der Waals surface area contributed by atoms with Gasteiger partial charge < -0.3 is 35.4 Å². The van der Waals surface area contributed by atoms with Crippen LogP contribution in [0.4, 0.5) is 0 Å². The van der Waals surface area contributed by atoms with Gasteiger partial charge in [-0.15, -0.1) is 0 Å². The zero-order valence-corrected chi connectivity index (χ0v) is 9.63. The molecule has 19 heavy (non-hydrogen) atoms. The third-order valence-electron chi connectivity index (χ3n) is 1.60. The van der Waals surface area contributed by atoms with E-state index in [2.05, 4.69) is 4.74 Å². The zero-order chi connectivity index (χ0) is 15.0. The van der Waals surface area contributed by atoms with Crippen molar-refractivity contribution in [2.24, 2.45) is 0 Å². The molecular formula is C10H14O9. The van der Waals surface area contributed by atoms with Gasteiger partial charge in [0.05, 0.1) is 13.2 Å². The van der Waals surface area contributed by atoms with Crippen LogP contribution in [0.2, 0.25) is 0 Å². The monoisotopic (exact) mass is 278 g/mol. The van der Waals surface area contributed by atoms with E-state index in [-0.39, 0.29) is 13.2 Å². The lowest BCUT2D eigenvalue weighted by atomic mass is 10.1. The summed E-state index contributed by atoms with van der Waals surface area (Å²) in [6.07, 6.45) is -1.16. The molecule has 6 N–H and O–H groups in total. The molecule has 0 aromatic heterocycles. The van der Waals surface area contributed by atoms with Gasteiger partial charge >= 0.3 is 0 Å². The lowest BCUT2D eigenvalue weighted by molar-refractivity contribution is -0.138. The predicted octanol–water partition coefficient (Wildman–Crippen LogP) is -2.35. The van der Waals surface area contributed by atoms with Crippen molar-refractivity contribution in [3.8, 4) is 0 Å². The van der Waals surface area contributed by atoms with Gasteiger partial charge in [-0.1, -0.05) is 0 Å². The fourth-order valence-electron chi connectivity index (χ4n) is 0.821. The second-order valence-electron chi connectivity index (χ2n) is 3.26. The molecule has 1 rings (SSSR count). The Labute approximate surface area is 107 Å². The molecule has 0 amide bonds. The third kappa shape index (κ3) is 7.28. The van der Waals surface area contributed by atoms with Crippen LogP contribution in [-0.4, -0.2) is 68.0 Å². The SMILES string of the molecule is O=C1C(=O)C(O)=CC=C1O.OC(O)COCC(O)O. The van der Waals surface area contributed by atoms with Gasteiger partial charge in [-0.3, -0.25) is 9.59 Å². The molecule has 9 nitrogen and oxygen atoms in total. The number of carbonyl (C=O) groups excluding carboxylic acids is 2. The van der Waals surface area contributed by atoms with Crippen molar-refractivity contribution in [3.05, 3.63) is 23.7 Å². The van der Waals surface area contributed by atoms with Crippen molar-refractivity contribution < 1.29 is 45.0 Å². The first-order chi connectivity index (χ1) is 8.75. The number of hydrogen-bond donors (Lipinski definition) is 6. The Balaban J connectivity index is 0.000000344. The molecule has 0 saturated carbocycles. The van der Waals surface area contributed by atoms with Crippen molar-refractivity contribution in [1.29, 1.82) is 0 Å². The third-order valence-corrected chi connectivity index (χ3v) is 1.60. The van der Waals surface area contributed by atoms with Crippen LogP contribution >= 0.6 is 0 Å². The summed E-state index contributed by atoms with van der Waals surface area (Å²) in [5, 5.41) is 49.7. The average Bonchev–Trinajstić information content (AvgIpc) is 2.31. The Morgan fingerprint density at radius 3 is 1.42 bits per heavy atom. The maximum absolute atomic E-state index is 10.5. The van der Waals surface area contributed by atoms with Gasteiger partial charge in [0.2, 0.25) is 0 Å². The van der Waals surface area contributed by atoms with Crippen molar-refractivity contribution in [3.63, 3.8) is 0 Å². The van der Waals surface area contributed by atoms with Crippen LogP contribution in [0.3, 0.4) is 0 Å². The van der Waals surface area contributed by atoms with Crippen molar-refractivity contribution in [2.75, 3.05) is 13.2 Å². The molecule has 0 aromatic carbocycles. The number of allylic oxidation sites excluding steroid dienone is 4. The van der Waals surface area contributed by atoms with E-state index in [1.165, 1.54) is 0 Å². The minimum Gasteiger partial charge on any atom is -0.504 e. The molecule has 9 heteroatoms. The molecule has 0 aliphatic heterocycles. The molecule has 108 valence electrons. The zero-order valence-electron chi connectivity index (χ0n) is 9.63. The highest BCUT2D eigenvalue weighted by Gasteiger charge is 2.24. The van der Waals surface area contributed by atoms with E-state index in [4.69, 9.17) is 30.6 Å². The van der Waals surface area contributed by atoms with Crippen LogP contribution < -0.4 is 0 Å². The molecule has 0 aromatic rings. The second-order valence-corrected chi connectivity index (χ2v) is 3.26. The minimum absolute atomic E-state index is 0.308. The van der Waals surface area contributed by atoms with Crippen LogP contribution in [0.5, 0.6) is 0 Å². The molecule has 0 heterocycles. The Morgan fingerprint density at radius 1 is 0.842 bits per heavy atom. The standard InChI is InChI=1S/C6H4O4.C4H10O5/c7-3-1-2-4(8)6(10)5(3)9;5-3(6)1-9-2-4(7)8/h1-2,7-8H;3-8H,1-2H2. The molecule has 0 radical (unpaired) electrons. The largest absolute Gasteiger partial charge is 0.504 e. The maximum Gasteiger partial charge on any atom is 0.271 e. The summed E-state index contributed by atoms with van der Waals surface area (Å²) in [4.78, 5) is 20.9. The van der Waals surface area contributed by atoms with Crippen LogP contribution in [0, 0.1) is 0 Å². The summed E-state index contributed by atoms with van der Waals surface area (Å²) < 4.78 is 4.36. The van der Waals surface area contributed by atoms with Gasteiger partial charge in [0.25, 0.3) is 11.6 Å². The maximum atomic E-state index is 10.5. The predicted molar refractivity (Wildman–Crippen MR) is 58.7 cm³/mol. The van der Waals surface area contributed by atoms with E-state index in [9.17, 15) is 9.59 Å². The number of ether oxygens (including phenoxy) is 1. The molecule has 0 bridgehead atoms. The summed E-state index contributed by atoms with van der Waals surface area (Å²) in [7, 11) is 0. The van der Waals surface area contributed by atoms with Gasteiger partial charge in [0.15, 0.2) is 24.1 Å². The van der Waals surface area contributed by atoms with Crippen molar-refractivity contribution in [1.82, 2.24) is 0 Å². The lowest BCUT2D eigenvalue weighted by Gasteiger charge is -2.05. The molecule has 1 aliphatic carbocycles. The normalized spacial score (nSPS) is 15.1. The first-order valence-corrected chi connectivity index (χ1v) is 4.94. The highest BCUT2D eigenvalue weighted by molar-refractivity contribution is 6.48. The molecule has 0 saturated heterocycles. The Morgan fingerprint density at radius 2 is 1.16 bits per heavy atom. The van der Waals surface area contributed by atoms with E-state index >= 15 is 0 Å². The highest BCUT2D eigenvalue weighted by atomic mass is 16.6. The molecule has 0 atom stereocenters. The molecular weight excluding hydrogens is 264 g/mol. The van der Waals surface area contributed by atoms with E-state index in [1.54, 1.807) is 0 Å². The number of aliphatic hydroxyl groups is 6. The number of carbonyl (C=O) groups is 2. The number of aliphatic hydroxyl groups excluding tert-OH is 4. The summed E-state index contributed by atoms with van der Waals surface area (Å²) >= 11 is 0. The number of ketones is 2. The Hall–Kier alpha value is -1.78. The van der Waals surface area contributed by atoms with E-state index in [0.29, 0.717) is 0 Å². The van der Waals surface area contributed by atoms with Crippen molar-refractivity contribution >= 4 is 11.6 Å². The molecule has 0 spiro atoms. The summed E-state index contributed by atoms with van der Waals surface area (Å²) in [6.45, 7) is -0.616. The van der Waals surface area contributed by atoms with Crippen LogP contribution in [0.1, 0.15) is 0 Å². The number of Topliss-reactive ketones (excluding diaryl/α,β-unsaturated/α-hetero) is 2. The molecule has 0 unspecified atom stereocenters. The van der Waals surface area contributed by atoms with Crippen LogP contribution in [0.25, 0.3) is 0 Å². The fraction of sp³-hybridized carbons (Fsp3) is 0.400. The second kappa shape index (κ2) is 8.34. The topological polar surface area (TPSA) is 165 Å². The van der Waals surface area contributed by atoms with Gasteiger partial charge in [-0.05, 0) is 12.2 Å². The Bertz CT molecular complexity index is 336. The van der Waals surface area contributed by atoms with E-state index in [1.807, 2.05) is 0 Å². The number of rotatable bonds is 4. The summed E-state index contributed by atoms with van der Waals surface area (Å²) in [5.41, 5.74) is 0. The van der Waals surface area contributed by atoms with Gasteiger partial charge in [-0.2, -0.15) is 0 Å². The fourth-order valence-corrected chi connectivity index (χ4v) is 0.821.